The van der Waals surface area contributed by atoms with Gasteiger partial charge in [-0.25, -0.2) is 0 Å². The molecular formula is C18H12ClNO3. The molecule has 0 unspecified atom stereocenters. The van der Waals surface area contributed by atoms with Gasteiger partial charge in [-0.2, -0.15) is 0 Å². The van der Waals surface area contributed by atoms with Crippen LogP contribution >= 0.6 is 11.6 Å². The zero-order valence-corrected chi connectivity index (χ0v) is 13.1. The van der Waals surface area contributed by atoms with E-state index in [1.165, 1.54) is 0 Å². The summed E-state index contributed by atoms with van der Waals surface area (Å²) in [5.74, 6) is 1.28. The van der Waals surface area contributed by atoms with Gasteiger partial charge in [0.25, 0.3) is 0 Å². The first-order valence-corrected chi connectivity index (χ1v) is 7.50. The van der Waals surface area contributed by atoms with E-state index in [-0.39, 0.29) is 12.6 Å². The number of halogens is 1. The van der Waals surface area contributed by atoms with Crippen molar-refractivity contribution >= 4 is 28.3 Å². The number of ether oxygens (including phenoxy) is 2. The third-order valence-corrected chi connectivity index (χ3v) is 4.23. The SMILES string of the molecule is Cc1c(C(=O)c2ccc(Cl)cc2)cnc2cc3c(cc12)OCO3. The number of nitrogens with zero attached hydrogens (tertiary/aromatic N) is 1. The Kier molecular flexibility index (Phi) is 3.20. The van der Waals surface area contributed by atoms with Crippen LogP contribution in [0.3, 0.4) is 0 Å². The van der Waals surface area contributed by atoms with E-state index in [1.807, 2.05) is 19.1 Å². The van der Waals surface area contributed by atoms with Gasteiger partial charge in [0.2, 0.25) is 6.79 Å². The Hall–Kier alpha value is -2.59. The predicted molar refractivity (Wildman–Crippen MR) is 87.5 cm³/mol. The summed E-state index contributed by atoms with van der Waals surface area (Å²) in [6.45, 7) is 2.12. The monoisotopic (exact) mass is 325 g/mol. The van der Waals surface area contributed by atoms with Crippen LogP contribution in [0.15, 0.2) is 42.6 Å². The first kappa shape index (κ1) is 14.0. The van der Waals surface area contributed by atoms with Crippen LogP contribution in [-0.4, -0.2) is 17.6 Å². The Morgan fingerprint density at radius 2 is 1.83 bits per heavy atom. The molecule has 0 fully saturated rings. The van der Waals surface area contributed by atoms with E-state index in [4.69, 9.17) is 21.1 Å². The van der Waals surface area contributed by atoms with Crippen molar-refractivity contribution in [2.75, 3.05) is 6.79 Å². The molecule has 0 bridgehead atoms. The Morgan fingerprint density at radius 1 is 1.13 bits per heavy atom. The lowest BCUT2D eigenvalue weighted by Crippen LogP contribution is -2.05. The second-order valence-corrected chi connectivity index (χ2v) is 5.79. The van der Waals surface area contributed by atoms with E-state index < -0.39 is 0 Å². The Bertz CT molecular complexity index is 935. The summed E-state index contributed by atoms with van der Waals surface area (Å²) in [5, 5.41) is 1.48. The summed E-state index contributed by atoms with van der Waals surface area (Å²) in [5.41, 5.74) is 2.80. The van der Waals surface area contributed by atoms with Gasteiger partial charge >= 0.3 is 0 Å². The van der Waals surface area contributed by atoms with E-state index in [1.54, 1.807) is 30.5 Å². The molecule has 4 rings (SSSR count). The van der Waals surface area contributed by atoms with Crippen LogP contribution in [0.1, 0.15) is 21.5 Å². The predicted octanol–water partition coefficient (Wildman–Crippen LogP) is 4.16. The fourth-order valence-corrected chi connectivity index (χ4v) is 2.83. The average molecular weight is 326 g/mol. The second kappa shape index (κ2) is 5.25. The molecule has 1 aromatic heterocycles. The minimum atomic E-state index is -0.0776. The number of ketones is 1. The molecule has 5 heteroatoms. The standard InChI is InChI=1S/C18H12ClNO3/c1-10-13-6-16-17(23-9-22-16)7-15(13)20-8-14(10)18(21)11-2-4-12(19)5-3-11/h2-8H,9H2,1H3. The highest BCUT2D eigenvalue weighted by Crippen LogP contribution is 2.37. The first-order valence-electron chi connectivity index (χ1n) is 7.13. The van der Waals surface area contributed by atoms with Gasteiger partial charge in [0, 0.05) is 33.8 Å². The van der Waals surface area contributed by atoms with Gasteiger partial charge in [-0.05, 0) is 42.8 Å². The van der Waals surface area contributed by atoms with Crippen molar-refractivity contribution in [1.82, 2.24) is 4.98 Å². The molecule has 3 aromatic rings. The van der Waals surface area contributed by atoms with Crippen LogP contribution in [0.5, 0.6) is 11.5 Å². The molecule has 1 aliphatic heterocycles. The van der Waals surface area contributed by atoms with E-state index in [0.717, 1.165) is 16.5 Å². The van der Waals surface area contributed by atoms with Gasteiger partial charge in [-0.3, -0.25) is 9.78 Å². The van der Waals surface area contributed by atoms with Crippen LogP contribution in [-0.2, 0) is 0 Å². The Labute approximate surface area is 137 Å². The number of carbonyl (C=O) groups is 1. The molecule has 0 aliphatic carbocycles. The van der Waals surface area contributed by atoms with E-state index in [2.05, 4.69) is 4.98 Å². The van der Waals surface area contributed by atoms with Crippen molar-refractivity contribution < 1.29 is 14.3 Å². The van der Waals surface area contributed by atoms with Crippen LogP contribution in [0, 0.1) is 6.92 Å². The summed E-state index contributed by atoms with van der Waals surface area (Å²) in [7, 11) is 0. The molecule has 0 N–H and O–H groups in total. The van der Waals surface area contributed by atoms with Gasteiger partial charge < -0.3 is 9.47 Å². The molecule has 0 radical (unpaired) electrons. The Morgan fingerprint density at radius 3 is 2.57 bits per heavy atom. The number of aryl methyl sites for hydroxylation is 1. The van der Waals surface area contributed by atoms with Crippen molar-refractivity contribution in [2.24, 2.45) is 0 Å². The summed E-state index contributed by atoms with van der Waals surface area (Å²) < 4.78 is 10.8. The van der Waals surface area contributed by atoms with Crippen molar-refractivity contribution in [1.29, 1.82) is 0 Å². The number of benzene rings is 2. The van der Waals surface area contributed by atoms with E-state index in [9.17, 15) is 4.79 Å². The molecule has 0 spiro atoms. The smallest absolute Gasteiger partial charge is 0.231 e. The maximum Gasteiger partial charge on any atom is 0.231 e. The van der Waals surface area contributed by atoms with Gasteiger partial charge in [-0.15, -0.1) is 0 Å². The van der Waals surface area contributed by atoms with Crippen LogP contribution in [0.4, 0.5) is 0 Å². The van der Waals surface area contributed by atoms with Gasteiger partial charge in [0.05, 0.1) is 5.52 Å². The zero-order chi connectivity index (χ0) is 16.0. The molecule has 1 aliphatic rings. The third-order valence-electron chi connectivity index (χ3n) is 3.98. The number of carbonyl (C=O) groups excluding carboxylic acids is 1. The highest BCUT2D eigenvalue weighted by molar-refractivity contribution is 6.30. The van der Waals surface area contributed by atoms with Crippen LogP contribution in [0.25, 0.3) is 10.9 Å². The molecule has 0 atom stereocenters. The molecule has 4 nitrogen and oxygen atoms in total. The first-order chi connectivity index (χ1) is 11.1. The molecule has 2 heterocycles. The minimum Gasteiger partial charge on any atom is -0.454 e. The number of hydrogen-bond donors (Lipinski definition) is 0. The lowest BCUT2D eigenvalue weighted by Gasteiger charge is -2.09. The van der Waals surface area contributed by atoms with E-state index in [0.29, 0.717) is 27.6 Å². The summed E-state index contributed by atoms with van der Waals surface area (Å²) in [6.07, 6.45) is 1.61. The number of rotatable bonds is 2. The fourth-order valence-electron chi connectivity index (χ4n) is 2.70. The zero-order valence-electron chi connectivity index (χ0n) is 12.3. The summed E-state index contributed by atoms with van der Waals surface area (Å²) >= 11 is 5.88. The third kappa shape index (κ3) is 2.32. The van der Waals surface area contributed by atoms with Crippen molar-refractivity contribution in [2.45, 2.75) is 6.92 Å². The Balaban J connectivity index is 1.84. The molecule has 0 amide bonds. The fraction of sp³-hybridized carbons (Fsp3) is 0.111. The van der Waals surface area contributed by atoms with Gasteiger partial charge in [0.15, 0.2) is 17.3 Å². The van der Waals surface area contributed by atoms with Gasteiger partial charge in [0.1, 0.15) is 0 Å². The number of aromatic nitrogens is 1. The minimum absolute atomic E-state index is 0.0776. The lowest BCUT2D eigenvalue weighted by molar-refractivity contribution is 0.103. The summed E-state index contributed by atoms with van der Waals surface area (Å²) in [4.78, 5) is 17.1. The molecular weight excluding hydrogens is 314 g/mol. The lowest BCUT2D eigenvalue weighted by atomic mass is 9.97. The van der Waals surface area contributed by atoms with Crippen molar-refractivity contribution in [3.05, 3.63) is 64.3 Å². The van der Waals surface area contributed by atoms with Crippen LogP contribution < -0.4 is 9.47 Å². The van der Waals surface area contributed by atoms with E-state index >= 15 is 0 Å². The molecule has 0 saturated carbocycles. The number of pyridine rings is 1. The van der Waals surface area contributed by atoms with Crippen LogP contribution in [0.2, 0.25) is 5.02 Å². The number of fused-ring (bicyclic) bond motifs is 2. The molecule has 2 aromatic carbocycles. The molecule has 23 heavy (non-hydrogen) atoms. The topological polar surface area (TPSA) is 48.4 Å². The highest BCUT2D eigenvalue weighted by atomic mass is 35.5. The highest BCUT2D eigenvalue weighted by Gasteiger charge is 2.19. The maximum absolute atomic E-state index is 12.7. The van der Waals surface area contributed by atoms with Crippen molar-refractivity contribution in [3.63, 3.8) is 0 Å². The van der Waals surface area contributed by atoms with Crippen molar-refractivity contribution in [3.8, 4) is 11.5 Å². The average Bonchev–Trinajstić information content (AvgIpc) is 3.01. The summed E-state index contributed by atoms with van der Waals surface area (Å²) in [6, 6.07) is 10.6. The quantitative estimate of drug-likeness (QED) is 0.664. The maximum atomic E-state index is 12.7. The largest absolute Gasteiger partial charge is 0.454 e. The van der Waals surface area contributed by atoms with Gasteiger partial charge in [-0.1, -0.05) is 11.6 Å². The number of hydrogen-bond acceptors (Lipinski definition) is 4. The molecule has 114 valence electrons. The second-order valence-electron chi connectivity index (χ2n) is 5.36. The normalized spacial score (nSPS) is 12.6. The molecule has 0 saturated heterocycles.